The van der Waals surface area contributed by atoms with Gasteiger partial charge in [0.15, 0.2) is 0 Å². The van der Waals surface area contributed by atoms with Crippen molar-refractivity contribution in [3.8, 4) is 0 Å². The first-order chi connectivity index (χ1) is 8.63. The highest BCUT2D eigenvalue weighted by Crippen LogP contribution is 2.33. The van der Waals surface area contributed by atoms with Crippen molar-refractivity contribution in [1.29, 1.82) is 0 Å². The highest BCUT2D eigenvalue weighted by molar-refractivity contribution is 5.64. The normalized spacial score (nSPS) is 16.9. The summed E-state index contributed by atoms with van der Waals surface area (Å²) in [5.74, 6) is -0.0658. The fourth-order valence-electron chi connectivity index (χ4n) is 2.52. The van der Waals surface area contributed by atoms with Crippen LogP contribution >= 0.6 is 0 Å². The lowest BCUT2D eigenvalue weighted by molar-refractivity contribution is -0.386. The van der Waals surface area contributed by atoms with E-state index >= 15 is 0 Å². The molecule has 0 aromatic heterocycles. The van der Waals surface area contributed by atoms with E-state index in [1.165, 1.54) is 6.07 Å². The zero-order valence-corrected chi connectivity index (χ0v) is 10.4. The van der Waals surface area contributed by atoms with Crippen molar-refractivity contribution in [1.82, 2.24) is 0 Å². The van der Waals surface area contributed by atoms with Gasteiger partial charge in [0.2, 0.25) is 5.82 Å². The average molecular weight is 252 g/mol. The van der Waals surface area contributed by atoms with Gasteiger partial charge in [-0.2, -0.15) is 4.39 Å². The van der Waals surface area contributed by atoms with E-state index in [0.29, 0.717) is 11.6 Å². The van der Waals surface area contributed by atoms with Gasteiger partial charge in [-0.15, -0.1) is 0 Å². The molecule has 0 N–H and O–H groups in total. The van der Waals surface area contributed by atoms with Gasteiger partial charge in [-0.3, -0.25) is 10.1 Å². The van der Waals surface area contributed by atoms with Crippen LogP contribution in [0.25, 0.3) is 0 Å². The monoisotopic (exact) mass is 252 g/mol. The Labute approximate surface area is 106 Å². The lowest BCUT2D eigenvalue weighted by Crippen LogP contribution is -2.34. The number of piperidine rings is 1. The summed E-state index contributed by atoms with van der Waals surface area (Å²) in [5.41, 5.74) is 0.0157. The predicted octanol–water partition coefficient (Wildman–Crippen LogP) is 3.36. The summed E-state index contributed by atoms with van der Waals surface area (Å²) in [6.45, 7) is 3.69. The molecule has 1 saturated heterocycles. The van der Waals surface area contributed by atoms with Crippen LogP contribution in [0.1, 0.15) is 26.2 Å². The third-order valence-corrected chi connectivity index (χ3v) is 3.68. The number of nitro groups is 1. The summed E-state index contributed by atoms with van der Waals surface area (Å²) in [6, 6.07) is 4.30. The predicted molar refractivity (Wildman–Crippen MR) is 68.3 cm³/mol. The van der Waals surface area contributed by atoms with Gasteiger partial charge >= 0.3 is 5.69 Å². The molecular formula is C13H17FN2O2. The fraction of sp³-hybridized carbons (Fsp3) is 0.538. The Morgan fingerprint density at radius 3 is 2.67 bits per heavy atom. The number of para-hydroxylation sites is 1. The number of rotatable bonds is 3. The first kappa shape index (κ1) is 12.8. The zero-order chi connectivity index (χ0) is 13.1. The maximum atomic E-state index is 13.5. The topological polar surface area (TPSA) is 46.4 Å². The Morgan fingerprint density at radius 2 is 2.11 bits per heavy atom. The molecule has 1 aliphatic rings. The molecule has 4 nitrogen and oxygen atoms in total. The zero-order valence-electron chi connectivity index (χ0n) is 10.4. The van der Waals surface area contributed by atoms with Gasteiger partial charge in [-0.25, -0.2) is 0 Å². The van der Waals surface area contributed by atoms with Gasteiger partial charge < -0.3 is 4.90 Å². The molecule has 2 rings (SSSR count). The summed E-state index contributed by atoms with van der Waals surface area (Å²) >= 11 is 0. The van der Waals surface area contributed by atoms with E-state index in [1.54, 1.807) is 6.07 Å². The Morgan fingerprint density at radius 1 is 1.44 bits per heavy atom. The van der Waals surface area contributed by atoms with E-state index in [0.717, 1.165) is 38.4 Å². The van der Waals surface area contributed by atoms with Crippen LogP contribution < -0.4 is 4.90 Å². The molecule has 5 heteroatoms. The minimum Gasteiger partial charge on any atom is -0.366 e. The molecule has 0 bridgehead atoms. The highest BCUT2D eigenvalue weighted by Gasteiger charge is 2.26. The van der Waals surface area contributed by atoms with Crippen LogP contribution in [0.5, 0.6) is 0 Å². The summed E-state index contributed by atoms with van der Waals surface area (Å²) < 4.78 is 13.5. The molecular weight excluding hydrogens is 235 g/mol. The maximum Gasteiger partial charge on any atom is 0.327 e. The van der Waals surface area contributed by atoms with E-state index in [-0.39, 0.29) is 0 Å². The number of nitrogens with zero attached hydrogens (tertiary/aromatic N) is 2. The maximum absolute atomic E-state index is 13.5. The Hall–Kier alpha value is -1.65. The fourth-order valence-corrected chi connectivity index (χ4v) is 2.52. The van der Waals surface area contributed by atoms with Crippen molar-refractivity contribution in [3.63, 3.8) is 0 Å². The van der Waals surface area contributed by atoms with Crippen LogP contribution in [-0.2, 0) is 0 Å². The summed E-state index contributed by atoms with van der Waals surface area (Å²) in [5, 5.41) is 10.9. The second-order valence-electron chi connectivity index (χ2n) is 4.70. The molecule has 18 heavy (non-hydrogen) atoms. The van der Waals surface area contributed by atoms with Crippen LogP contribution in [0.15, 0.2) is 18.2 Å². The quantitative estimate of drug-likeness (QED) is 0.612. The number of halogens is 1. The smallest absolute Gasteiger partial charge is 0.327 e. The lowest BCUT2D eigenvalue weighted by Gasteiger charge is -2.32. The standard InChI is InChI=1S/C13H17FN2O2/c1-2-10-6-8-15(9-7-10)12-5-3-4-11(14)13(12)16(17)18/h3-5,10H,2,6-9H2,1H3. The molecule has 0 saturated carbocycles. The van der Waals surface area contributed by atoms with Crippen molar-refractivity contribution in [3.05, 3.63) is 34.1 Å². The van der Waals surface area contributed by atoms with Crippen LogP contribution in [0.3, 0.4) is 0 Å². The van der Waals surface area contributed by atoms with E-state index < -0.39 is 16.4 Å². The molecule has 1 aromatic carbocycles. The van der Waals surface area contributed by atoms with E-state index in [1.807, 2.05) is 4.90 Å². The first-order valence-electron chi connectivity index (χ1n) is 6.31. The molecule has 0 radical (unpaired) electrons. The average Bonchev–Trinajstić information content (AvgIpc) is 2.38. The molecule has 0 unspecified atom stereocenters. The SMILES string of the molecule is CCC1CCN(c2cccc(F)c2[N+](=O)[O-])CC1. The molecule has 0 spiro atoms. The Balaban J connectivity index is 2.24. The third kappa shape index (κ3) is 2.44. The van der Waals surface area contributed by atoms with Gasteiger partial charge in [0, 0.05) is 13.1 Å². The van der Waals surface area contributed by atoms with Crippen LogP contribution in [0.4, 0.5) is 15.8 Å². The number of benzene rings is 1. The summed E-state index contributed by atoms with van der Waals surface area (Å²) in [4.78, 5) is 12.2. The van der Waals surface area contributed by atoms with Crippen molar-refractivity contribution >= 4 is 11.4 Å². The molecule has 98 valence electrons. The van der Waals surface area contributed by atoms with Gasteiger partial charge in [-0.05, 0) is 30.9 Å². The minimum atomic E-state index is -0.755. The second-order valence-corrected chi connectivity index (χ2v) is 4.70. The van der Waals surface area contributed by atoms with E-state index in [4.69, 9.17) is 0 Å². The first-order valence-corrected chi connectivity index (χ1v) is 6.31. The highest BCUT2D eigenvalue weighted by atomic mass is 19.1. The van der Waals surface area contributed by atoms with Crippen molar-refractivity contribution in [2.75, 3.05) is 18.0 Å². The van der Waals surface area contributed by atoms with Crippen molar-refractivity contribution in [2.45, 2.75) is 26.2 Å². The Bertz CT molecular complexity index is 443. The molecule has 1 heterocycles. The second kappa shape index (κ2) is 5.33. The van der Waals surface area contributed by atoms with Crippen LogP contribution in [-0.4, -0.2) is 18.0 Å². The van der Waals surface area contributed by atoms with Crippen LogP contribution in [0, 0.1) is 21.8 Å². The summed E-state index contributed by atoms with van der Waals surface area (Å²) in [6.07, 6.45) is 3.17. The molecule has 1 aromatic rings. The molecule has 0 aliphatic carbocycles. The molecule has 0 amide bonds. The molecule has 1 fully saturated rings. The largest absolute Gasteiger partial charge is 0.366 e. The van der Waals surface area contributed by atoms with Gasteiger partial charge in [-0.1, -0.05) is 19.4 Å². The number of hydrogen-bond acceptors (Lipinski definition) is 3. The number of anilines is 1. The van der Waals surface area contributed by atoms with E-state index in [9.17, 15) is 14.5 Å². The van der Waals surface area contributed by atoms with Gasteiger partial charge in [0.25, 0.3) is 0 Å². The summed E-state index contributed by atoms with van der Waals surface area (Å²) in [7, 11) is 0. The molecule has 1 aliphatic heterocycles. The molecule has 0 atom stereocenters. The minimum absolute atomic E-state index is 0.396. The van der Waals surface area contributed by atoms with Crippen molar-refractivity contribution in [2.24, 2.45) is 5.92 Å². The van der Waals surface area contributed by atoms with Crippen molar-refractivity contribution < 1.29 is 9.31 Å². The van der Waals surface area contributed by atoms with Crippen LogP contribution in [0.2, 0.25) is 0 Å². The van der Waals surface area contributed by atoms with Gasteiger partial charge in [0.05, 0.1) is 4.92 Å². The lowest BCUT2D eigenvalue weighted by atomic mass is 9.94. The third-order valence-electron chi connectivity index (χ3n) is 3.68. The number of nitro benzene ring substituents is 1. The van der Waals surface area contributed by atoms with E-state index in [2.05, 4.69) is 6.92 Å². The number of hydrogen-bond donors (Lipinski definition) is 0. The Kier molecular flexibility index (Phi) is 3.79. The van der Waals surface area contributed by atoms with Gasteiger partial charge in [0.1, 0.15) is 5.69 Å².